The standard InChI is InChI=1S/C7H5F3NO2/c8-7(9,10)5-1-4(3-12)2-11-6(5)13/h1-2,12H,3H2. The molecule has 0 spiro atoms. The molecule has 1 aromatic heterocycles. The molecule has 1 rings (SSSR count). The van der Waals surface area contributed by atoms with Crippen LogP contribution in [0.25, 0.3) is 0 Å². The molecule has 0 aliphatic rings. The van der Waals surface area contributed by atoms with Crippen LogP contribution in [0.1, 0.15) is 11.1 Å². The number of aliphatic hydroxyl groups excluding tert-OH is 1. The third kappa shape index (κ3) is 2.09. The number of aromatic nitrogens is 1. The largest absolute Gasteiger partial charge is 0.421 e. The molecular formula is C7H5F3NO2. The molecule has 0 aliphatic heterocycles. The average Bonchev–Trinajstić information content (AvgIpc) is 2.03. The first-order valence-electron chi connectivity index (χ1n) is 3.29. The van der Waals surface area contributed by atoms with Crippen molar-refractivity contribution in [2.24, 2.45) is 0 Å². The van der Waals surface area contributed by atoms with Crippen molar-refractivity contribution in [1.29, 1.82) is 0 Å². The van der Waals surface area contributed by atoms with Gasteiger partial charge in [0.15, 0.2) is 0 Å². The Morgan fingerprint density at radius 1 is 1.46 bits per heavy atom. The molecule has 3 nitrogen and oxygen atoms in total. The number of hydrogen-bond donors (Lipinski definition) is 1. The second kappa shape index (κ2) is 3.21. The van der Waals surface area contributed by atoms with Gasteiger partial charge in [0.05, 0.1) is 6.61 Å². The molecule has 0 fully saturated rings. The highest BCUT2D eigenvalue weighted by Gasteiger charge is 2.35. The van der Waals surface area contributed by atoms with E-state index < -0.39 is 24.2 Å². The van der Waals surface area contributed by atoms with Crippen molar-refractivity contribution >= 4 is 0 Å². The predicted molar refractivity (Wildman–Crippen MR) is 35.3 cm³/mol. The zero-order chi connectivity index (χ0) is 10.1. The molecule has 0 aromatic carbocycles. The van der Waals surface area contributed by atoms with Crippen molar-refractivity contribution in [2.45, 2.75) is 12.8 Å². The molecule has 0 amide bonds. The minimum atomic E-state index is -4.71. The Balaban J connectivity index is 3.19. The molecule has 0 unspecified atom stereocenters. The maximum atomic E-state index is 12.0. The number of alkyl halides is 3. The second-order valence-electron chi connectivity index (χ2n) is 2.35. The molecule has 0 bridgehead atoms. The summed E-state index contributed by atoms with van der Waals surface area (Å²) >= 11 is 0. The lowest BCUT2D eigenvalue weighted by Gasteiger charge is -2.07. The third-order valence-electron chi connectivity index (χ3n) is 1.40. The quantitative estimate of drug-likeness (QED) is 0.736. The van der Waals surface area contributed by atoms with Crippen LogP contribution in [-0.4, -0.2) is 10.1 Å². The highest BCUT2D eigenvalue weighted by atomic mass is 19.4. The van der Waals surface area contributed by atoms with Gasteiger partial charge in [-0.05, 0) is 11.6 Å². The lowest BCUT2D eigenvalue weighted by atomic mass is 10.2. The van der Waals surface area contributed by atoms with Crippen molar-refractivity contribution in [3.8, 4) is 5.88 Å². The van der Waals surface area contributed by atoms with Crippen LogP contribution in [0.2, 0.25) is 0 Å². The zero-order valence-electron chi connectivity index (χ0n) is 6.30. The number of pyridine rings is 1. The fourth-order valence-corrected chi connectivity index (χ4v) is 0.785. The summed E-state index contributed by atoms with van der Waals surface area (Å²) in [4.78, 5) is 2.98. The molecule has 6 heteroatoms. The summed E-state index contributed by atoms with van der Waals surface area (Å²) in [6.07, 6.45) is -3.80. The summed E-state index contributed by atoms with van der Waals surface area (Å²) < 4.78 is 36.1. The van der Waals surface area contributed by atoms with Crippen LogP contribution in [0.15, 0.2) is 12.3 Å². The molecular weight excluding hydrogens is 187 g/mol. The highest BCUT2D eigenvalue weighted by Crippen LogP contribution is 2.34. The van der Waals surface area contributed by atoms with Crippen molar-refractivity contribution in [3.63, 3.8) is 0 Å². The summed E-state index contributed by atoms with van der Waals surface area (Å²) in [5.74, 6) is -1.33. The summed E-state index contributed by atoms with van der Waals surface area (Å²) in [6.45, 7) is -0.573. The fraction of sp³-hybridized carbons (Fsp3) is 0.286. The van der Waals surface area contributed by atoms with Gasteiger partial charge in [-0.15, -0.1) is 0 Å². The van der Waals surface area contributed by atoms with E-state index >= 15 is 0 Å². The van der Waals surface area contributed by atoms with E-state index in [4.69, 9.17) is 5.11 Å². The molecule has 0 saturated heterocycles. The number of hydrogen-bond acceptors (Lipinski definition) is 2. The fourth-order valence-electron chi connectivity index (χ4n) is 0.785. The van der Waals surface area contributed by atoms with E-state index in [-0.39, 0.29) is 5.56 Å². The highest BCUT2D eigenvalue weighted by molar-refractivity contribution is 5.30. The molecule has 1 heterocycles. The normalized spacial score (nSPS) is 11.7. The summed E-state index contributed by atoms with van der Waals surface area (Å²) in [7, 11) is 0. The van der Waals surface area contributed by atoms with E-state index in [0.717, 1.165) is 6.20 Å². The van der Waals surface area contributed by atoms with E-state index in [9.17, 15) is 18.3 Å². The monoisotopic (exact) mass is 192 g/mol. The lowest BCUT2D eigenvalue weighted by molar-refractivity contribution is -0.139. The maximum absolute atomic E-state index is 12.0. The van der Waals surface area contributed by atoms with Crippen LogP contribution < -0.4 is 0 Å². The van der Waals surface area contributed by atoms with Crippen molar-refractivity contribution in [3.05, 3.63) is 23.4 Å². The van der Waals surface area contributed by atoms with E-state index in [0.29, 0.717) is 6.07 Å². The van der Waals surface area contributed by atoms with Crippen LogP contribution in [0.5, 0.6) is 5.88 Å². The van der Waals surface area contributed by atoms with E-state index in [1.54, 1.807) is 0 Å². The van der Waals surface area contributed by atoms with Crippen LogP contribution in [0.3, 0.4) is 0 Å². The number of halogens is 3. The first-order valence-corrected chi connectivity index (χ1v) is 3.29. The van der Waals surface area contributed by atoms with Gasteiger partial charge in [-0.3, -0.25) is 5.11 Å². The van der Waals surface area contributed by atoms with E-state index in [1.165, 1.54) is 0 Å². The first kappa shape index (κ1) is 9.79. The smallest absolute Gasteiger partial charge is 0.392 e. The average molecular weight is 192 g/mol. The third-order valence-corrected chi connectivity index (χ3v) is 1.40. The minimum Gasteiger partial charge on any atom is -0.392 e. The molecule has 1 N–H and O–H groups in total. The molecule has 0 aliphatic carbocycles. The Bertz CT molecular complexity index is 311. The van der Waals surface area contributed by atoms with Gasteiger partial charge in [-0.25, -0.2) is 4.98 Å². The van der Waals surface area contributed by atoms with Crippen LogP contribution in [0, 0.1) is 0 Å². The minimum absolute atomic E-state index is 0.0353. The van der Waals surface area contributed by atoms with Crippen LogP contribution >= 0.6 is 0 Å². The molecule has 1 radical (unpaired) electrons. The van der Waals surface area contributed by atoms with Gasteiger partial charge in [0.2, 0.25) is 0 Å². The van der Waals surface area contributed by atoms with E-state index in [1.807, 2.05) is 0 Å². The van der Waals surface area contributed by atoms with Crippen LogP contribution in [-0.2, 0) is 17.9 Å². The number of nitrogens with zero attached hydrogens (tertiary/aromatic N) is 1. The van der Waals surface area contributed by atoms with Crippen molar-refractivity contribution < 1.29 is 23.4 Å². The van der Waals surface area contributed by atoms with Gasteiger partial charge in [0.25, 0.3) is 5.88 Å². The predicted octanol–water partition coefficient (Wildman–Crippen LogP) is 1.74. The van der Waals surface area contributed by atoms with E-state index in [2.05, 4.69) is 4.98 Å². The van der Waals surface area contributed by atoms with Gasteiger partial charge in [-0.1, -0.05) is 0 Å². The molecule has 13 heavy (non-hydrogen) atoms. The summed E-state index contributed by atoms with van der Waals surface area (Å²) in [5.41, 5.74) is -1.38. The maximum Gasteiger partial charge on any atom is 0.421 e. The Labute approximate surface area is 71.5 Å². The second-order valence-corrected chi connectivity index (χ2v) is 2.35. The topological polar surface area (TPSA) is 53.0 Å². The van der Waals surface area contributed by atoms with Gasteiger partial charge in [0, 0.05) is 6.20 Å². The Kier molecular flexibility index (Phi) is 2.42. The molecule has 0 saturated carbocycles. The van der Waals surface area contributed by atoms with Gasteiger partial charge in [-0.2, -0.15) is 13.2 Å². The summed E-state index contributed by atoms with van der Waals surface area (Å²) in [5, 5.41) is 19.1. The first-order chi connectivity index (χ1) is 5.95. The Hall–Kier alpha value is -1.30. The zero-order valence-corrected chi connectivity index (χ0v) is 6.30. The molecule has 1 aromatic rings. The SMILES string of the molecule is [O]c1ncc(CO)cc1C(F)(F)F. The van der Waals surface area contributed by atoms with Crippen molar-refractivity contribution in [1.82, 2.24) is 4.98 Å². The summed E-state index contributed by atoms with van der Waals surface area (Å²) in [6, 6.07) is 0.593. The lowest BCUT2D eigenvalue weighted by Crippen LogP contribution is -2.06. The molecule has 71 valence electrons. The van der Waals surface area contributed by atoms with Crippen LogP contribution in [0.4, 0.5) is 13.2 Å². The number of aliphatic hydroxyl groups is 1. The molecule has 0 atom stereocenters. The number of rotatable bonds is 1. The van der Waals surface area contributed by atoms with Gasteiger partial charge in [0.1, 0.15) is 5.56 Å². The Morgan fingerprint density at radius 3 is 2.54 bits per heavy atom. The van der Waals surface area contributed by atoms with Gasteiger partial charge >= 0.3 is 6.18 Å². The van der Waals surface area contributed by atoms with Gasteiger partial charge < -0.3 is 5.11 Å². The Morgan fingerprint density at radius 2 is 2.08 bits per heavy atom. The van der Waals surface area contributed by atoms with Crippen molar-refractivity contribution in [2.75, 3.05) is 0 Å².